The van der Waals surface area contributed by atoms with Crippen molar-refractivity contribution < 1.29 is 19.0 Å². The average Bonchev–Trinajstić information content (AvgIpc) is 3.30. The Morgan fingerprint density at radius 3 is 3.00 bits per heavy atom. The molecule has 0 spiro atoms. The van der Waals surface area contributed by atoms with Crippen molar-refractivity contribution in [2.24, 2.45) is 0 Å². The van der Waals surface area contributed by atoms with Crippen molar-refractivity contribution in [2.45, 2.75) is 0 Å². The molecule has 2 aromatic carbocycles. The Hall–Kier alpha value is -3.59. The summed E-state index contributed by atoms with van der Waals surface area (Å²) < 4.78 is 16.1. The number of ether oxygens (including phenoxy) is 3. The number of amides is 1. The summed E-state index contributed by atoms with van der Waals surface area (Å²) in [4.78, 5) is 15.3. The lowest BCUT2D eigenvalue weighted by Crippen LogP contribution is -2.23. The zero-order valence-electron chi connectivity index (χ0n) is 13.9. The second kappa shape index (κ2) is 7.11. The van der Waals surface area contributed by atoms with Crippen LogP contribution in [0.1, 0.15) is 10.4 Å². The fraction of sp³-hybridized carbons (Fsp3) is 0.150. The lowest BCUT2D eigenvalue weighted by Gasteiger charge is -2.03. The largest absolute Gasteiger partial charge is 0.481 e. The van der Waals surface area contributed by atoms with E-state index in [0.717, 1.165) is 10.9 Å². The average molecular weight is 348 g/mol. The van der Waals surface area contributed by atoms with Crippen molar-refractivity contribution in [2.75, 3.05) is 19.9 Å². The van der Waals surface area contributed by atoms with Crippen LogP contribution in [0.2, 0.25) is 0 Å². The lowest BCUT2D eigenvalue weighted by molar-refractivity contribution is 0.0960. The SMILES string of the molecule is O=C(NCC#CCOc1ccc2c(c1)OCO2)c1c[nH]c2ccccc12. The van der Waals surface area contributed by atoms with Crippen LogP contribution in [0.5, 0.6) is 17.2 Å². The maximum Gasteiger partial charge on any atom is 0.254 e. The Morgan fingerprint density at radius 1 is 1.15 bits per heavy atom. The first-order chi connectivity index (χ1) is 12.8. The van der Waals surface area contributed by atoms with E-state index in [0.29, 0.717) is 22.8 Å². The molecule has 26 heavy (non-hydrogen) atoms. The zero-order valence-corrected chi connectivity index (χ0v) is 13.9. The number of hydrogen-bond acceptors (Lipinski definition) is 4. The number of aromatic nitrogens is 1. The quantitative estimate of drug-likeness (QED) is 0.711. The molecule has 1 aromatic heterocycles. The summed E-state index contributed by atoms with van der Waals surface area (Å²) in [5.41, 5.74) is 1.54. The zero-order chi connectivity index (χ0) is 17.8. The number of carbonyl (C=O) groups excluding carboxylic acids is 1. The van der Waals surface area contributed by atoms with Gasteiger partial charge in [-0.2, -0.15) is 0 Å². The fourth-order valence-corrected chi connectivity index (χ4v) is 2.68. The Labute approximate surface area is 150 Å². The number of nitrogens with one attached hydrogen (secondary N) is 2. The minimum atomic E-state index is -0.159. The molecule has 6 nitrogen and oxygen atoms in total. The summed E-state index contributed by atoms with van der Waals surface area (Å²) in [6, 6.07) is 13.0. The Balaban J connectivity index is 1.27. The third-order valence-electron chi connectivity index (χ3n) is 3.95. The molecule has 0 saturated carbocycles. The van der Waals surface area contributed by atoms with Gasteiger partial charge >= 0.3 is 0 Å². The van der Waals surface area contributed by atoms with Crippen LogP contribution in [-0.2, 0) is 0 Å². The van der Waals surface area contributed by atoms with Crippen molar-refractivity contribution in [3.05, 3.63) is 54.2 Å². The Morgan fingerprint density at radius 2 is 2.04 bits per heavy atom. The molecule has 0 radical (unpaired) electrons. The van der Waals surface area contributed by atoms with E-state index in [1.165, 1.54) is 0 Å². The summed E-state index contributed by atoms with van der Waals surface area (Å²) in [5.74, 6) is 7.63. The van der Waals surface area contributed by atoms with Crippen LogP contribution in [0.25, 0.3) is 10.9 Å². The molecular weight excluding hydrogens is 332 g/mol. The van der Waals surface area contributed by atoms with Gasteiger partial charge in [0.1, 0.15) is 12.4 Å². The molecule has 130 valence electrons. The lowest BCUT2D eigenvalue weighted by atomic mass is 10.1. The van der Waals surface area contributed by atoms with Gasteiger partial charge in [0.05, 0.1) is 12.1 Å². The summed E-state index contributed by atoms with van der Waals surface area (Å²) >= 11 is 0. The minimum absolute atomic E-state index is 0.159. The maximum absolute atomic E-state index is 12.2. The molecule has 1 amide bonds. The number of hydrogen-bond donors (Lipinski definition) is 2. The molecule has 0 saturated heterocycles. The second-order valence-corrected chi connectivity index (χ2v) is 5.59. The molecule has 0 aliphatic carbocycles. The molecule has 0 fully saturated rings. The smallest absolute Gasteiger partial charge is 0.254 e. The predicted molar refractivity (Wildman–Crippen MR) is 96.5 cm³/mol. The molecule has 3 aromatic rings. The van der Waals surface area contributed by atoms with Crippen LogP contribution in [0, 0.1) is 11.8 Å². The predicted octanol–water partition coefficient (Wildman–Crippen LogP) is 2.71. The Bertz CT molecular complexity index is 1010. The van der Waals surface area contributed by atoms with Crippen LogP contribution >= 0.6 is 0 Å². The van der Waals surface area contributed by atoms with Gasteiger partial charge in [-0.25, -0.2) is 0 Å². The number of aromatic amines is 1. The minimum Gasteiger partial charge on any atom is -0.481 e. The summed E-state index contributed by atoms with van der Waals surface area (Å²) in [5, 5.41) is 3.68. The van der Waals surface area contributed by atoms with E-state index in [1.807, 2.05) is 24.3 Å². The first-order valence-electron chi connectivity index (χ1n) is 8.14. The molecule has 1 aliphatic heterocycles. The first kappa shape index (κ1) is 15.9. The van der Waals surface area contributed by atoms with Crippen LogP contribution in [0.15, 0.2) is 48.7 Å². The molecular formula is C20H16N2O4. The van der Waals surface area contributed by atoms with Gasteiger partial charge in [0.2, 0.25) is 6.79 Å². The highest BCUT2D eigenvalue weighted by Crippen LogP contribution is 2.34. The third kappa shape index (κ3) is 3.28. The highest BCUT2D eigenvalue weighted by atomic mass is 16.7. The second-order valence-electron chi connectivity index (χ2n) is 5.59. The van der Waals surface area contributed by atoms with Gasteiger partial charge in [-0.15, -0.1) is 0 Å². The highest BCUT2D eigenvalue weighted by molar-refractivity contribution is 6.06. The molecule has 0 bridgehead atoms. The van der Waals surface area contributed by atoms with Crippen molar-refractivity contribution >= 4 is 16.8 Å². The van der Waals surface area contributed by atoms with Crippen molar-refractivity contribution in [1.29, 1.82) is 0 Å². The molecule has 2 heterocycles. The number of para-hydroxylation sites is 1. The van der Waals surface area contributed by atoms with Crippen LogP contribution in [-0.4, -0.2) is 30.8 Å². The number of carbonyl (C=O) groups is 1. The van der Waals surface area contributed by atoms with E-state index in [2.05, 4.69) is 22.1 Å². The van der Waals surface area contributed by atoms with Crippen LogP contribution < -0.4 is 19.5 Å². The molecule has 4 rings (SSSR count). The van der Waals surface area contributed by atoms with Crippen LogP contribution in [0.4, 0.5) is 0 Å². The summed E-state index contributed by atoms with van der Waals surface area (Å²) in [6.45, 7) is 0.708. The normalized spacial score (nSPS) is 11.7. The van der Waals surface area contributed by atoms with E-state index in [1.54, 1.807) is 24.4 Å². The van der Waals surface area contributed by atoms with Gasteiger partial charge in [-0.3, -0.25) is 4.79 Å². The fourth-order valence-electron chi connectivity index (χ4n) is 2.68. The monoisotopic (exact) mass is 348 g/mol. The van der Waals surface area contributed by atoms with Gasteiger partial charge in [-0.05, 0) is 18.2 Å². The van der Waals surface area contributed by atoms with E-state index >= 15 is 0 Å². The van der Waals surface area contributed by atoms with Gasteiger partial charge in [0.15, 0.2) is 11.5 Å². The third-order valence-corrected chi connectivity index (χ3v) is 3.95. The number of benzene rings is 2. The maximum atomic E-state index is 12.2. The van der Waals surface area contributed by atoms with E-state index in [9.17, 15) is 4.79 Å². The molecule has 1 aliphatic rings. The summed E-state index contributed by atoms with van der Waals surface area (Å²) in [7, 11) is 0. The number of H-pyrrole nitrogens is 1. The van der Waals surface area contributed by atoms with Crippen molar-refractivity contribution in [1.82, 2.24) is 10.3 Å². The van der Waals surface area contributed by atoms with E-state index in [-0.39, 0.29) is 25.9 Å². The van der Waals surface area contributed by atoms with Gasteiger partial charge < -0.3 is 24.5 Å². The van der Waals surface area contributed by atoms with Crippen molar-refractivity contribution in [3.63, 3.8) is 0 Å². The molecule has 0 atom stereocenters. The number of rotatable bonds is 4. The van der Waals surface area contributed by atoms with Crippen molar-refractivity contribution in [3.8, 4) is 29.1 Å². The Kier molecular flexibility index (Phi) is 4.35. The van der Waals surface area contributed by atoms with E-state index in [4.69, 9.17) is 14.2 Å². The molecule has 0 unspecified atom stereocenters. The summed E-state index contributed by atoms with van der Waals surface area (Å²) in [6.07, 6.45) is 1.70. The number of fused-ring (bicyclic) bond motifs is 2. The molecule has 6 heteroatoms. The van der Waals surface area contributed by atoms with E-state index < -0.39 is 0 Å². The topological polar surface area (TPSA) is 72.6 Å². The van der Waals surface area contributed by atoms with Gasteiger partial charge in [-0.1, -0.05) is 30.0 Å². The van der Waals surface area contributed by atoms with Gasteiger partial charge in [0.25, 0.3) is 5.91 Å². The first-order valence-corrected chi connectivity index (χ1v) is 8.14. The van der Waals surface area contributed by atoms with Crippen LogP contribution in [0.3, 0.4) is 0 Å². The highest BCUT2D eigenvalue weighted by Gasteiger charge is 2.13. The standard InChI is InChI=1S/C20H16N2O4/c23-20(16-12-22-17-6-2-1-5-15(16)17)21-9-3-4-10-24-14-7-8-18-19(11-14)26-13-25-18/h1-2,5-8,11-12,22H,9-10,13H2,(H,21,23). The van der Waals surface area contributed by atoms with Gasteiger partial charge in [0, 0.05) is 23.2 Å². The molecule has 2 N–H and O–H groups in total.